The Morgan fingerprint density at radius 2 is 1.61 bits per heavy atom. The second-order valence-electron chi connectivity index (χ2n) is 6.48. The number of hydrogen-bond donors (Lipinski definition) is 1. The predicted molar refractivity (Wildman–Crippen MR) is 121 cm³/mol. The van der Waals surface area contributed by atoms with Crippen molar-refractivity contribution in [3.63, 3.8) is 0 Å². The minimum absolute atomic E-state index is 0.277. The van der Waals surface area contributed by atoms with Gasteiger partial charge in [0.25, 0.3) is 5.91 Å². The molecule has 4 heterocycles. The minimum atomic E-state index is -0.277. The molecule has 1 N–H and O–H groups in total. The van der Waals surface area contributed by atoms with Crippen LogP contribution in [0.3, 0.4) is 0 Å². The van der Waals surface area contributed by atoms with E-state index in [4.69, 9.17) is 4.74 Å². The van der Waals surface area contributed by atoms with Crippen LogP contribution >= 0.6 is 0 Å². The number of carbonyl (C=O) groups is 1. The van der Waals surface area contributed by atoms with Crippen molar-refractivity contribution in [1.29, 1.82) is 0 Å². The van der Waals surface area contributed by atoms with Gasteiger partial charge in [-0.05, 0) is 18.2 Å². The van der Waals surface area contributed by atoms with Gasteiger partial charge in [-0.2, -0.15) is 0 Å². The predicted octanol–water partition coefficient (Wildman–Crippen LogP) is 2.88. The highest BCUT2D eigenvalue weighted by atomic mass is 16.5. The van der Waals surface area contributed by atoms with Crippen LogP contribution in [0.15, 0.2) is 55.1 Å². The molecule has 1 aliphatic heterocycles. The number of rotatable bonds is 5. The van der Waals surface area contributed by atoms with Gasteiger partial charge in [-0.15, -0.1) is 0 Å². The molecule has 9 nitrogen and oxygen atoms in total. The van der Waals surface area contributed by atoms with E-state index in [1.807, 2.05) is 32.0 Å². The van der Waals surface area contributed by atoms with Gasteiger partial charge in [0.05, 0.1) is 30.8 Å². The van der Waals surface area contributed by atoms with E-state index in [2.05, 4.69) is 35.1 Å². The maximum atomic E-state index is 12.3. The Hall–Kier alpha value is -3.75. The molecule has 4 rings (SSSR count). The highest BCUT2D eigenvalue weighted by molar-refractivity contribution is 6.03. The molecule has 1 fully saturated rings. The Bertz CT molecular complexity index is 942. The summed E-state index contributed by atoms with van der Waals surface area (Å²) in [5, 5.41) is 2.77. The van der Waals surface area contributed by atoms with E-state index >= 15 is 0 Å². The average molecular weight is 422 g/mol. The Balaban J connectivity index is 0.00000132. The topological polar surface area (TPSA) is 96.4 Å². The third-order valence-electron chi connectivity index (χ3n) is 4.64. The second kappa shape index (κ2) is 10.9. The zero-order valence-electron chi connectivity index (χ0n) is 18.0. The summed E-state index contributed by atoms with van der Waals surface area (Å²) in [6.07, 6.45) is 6.49. The average Bonchev–Trinajstić information content (AvgIpc) is 2.86. The summed E-state index contributed by atoms with van der Waals surface area (Å²) in [6, 6.07) is 9.21. The summed E-state index contributed by atoms with van der Waals surface area (Å²) in [4.78, 5) is 33.9. The van der Waals surface area contributed by atoms with Crippen LogP contribution in [0.25, 0.3) is 0 Å². The molecule has 1 amide bonds. The first-order valence-electron chi connectivity index (χ1n) is 10.3. The van der Waals surface area contributed by atoms with Gasteiger partial charge in [0.1, 0.15) is 5.82 Å². The Labute approximate surface area is 182 Å². The Morgan fingerprint density at radius 3 is 2.19 bits per heavy atom. The van der Waals surface area contributed by atoms with Crippen LogP contribution in [-0.2, 0) is 0 Å². The van der Waals surface area contributed by atoms with E-state index < -0.39 is 0 Å². The summed E-state index contributed by atoms with van der Waals surface area (Å²) in [7, 11) is 1.53. The van der Waals surface area contributed by atoms with E-state index in [1.54, 1.807) is 30.7 Å². The highest BCUT2D eigenvalue weighted by Crippen LogP contribution is 2.17. The molecule has 0 spiro atoms. The lowest BCUT2D eigenvalue weighted by Crippen LogP contribution is -2.47. The molecular weight excluding hydrogens is 394 g/mol. The van der Waals surface area contributed by atoms with E-state index in [0.717, 1.165) is 32.0 Å². The van der Waals surface area contributed by atoms with Crippen molar-refractivity contribution < 1.29 is 9.53 Å². The van der Waals surface area contributed by atoms with Gasteiger partial charge in [0.2, 0.25) is 11.8 Å². The lowest BCUT2D eigenvalue weighted by molar-refractivity contribution is 0.102. The molecule has 9 heteroatoms. The van der Waals surface area contributed by atoms with Gasteiger partial charge in [0.15, 0.2) is 0 Å². The quantitative estimate of drug-likeness (QED) is 0.672. The van der Waals surface area contributed by atoms with Crippen LogP contribution in [-0.4, -0.2) is 59.1 Å². The number of hydrogen-bond acceptors (Lipinski definition) is 8. The van der Waals surface area contributed by atoms with Gasteiger partial charge in [-0.3, -0.25) is 4.79 Å². The van der Waals surface area contributed by atoms with Crippen molar-refractivity contribution in [2.75, 3.05) is 48.4 Å². The SMILES string of the molecule is CC.COc1ccc(C(=O)Nc2cnc(N3CCN(c4ccccn4)CC3)nc2)cn1. The van der Waals surface area contributed by atoms with Crippen molar-refractivity contribution in [2.24, 2.45) is 0 Å². The van der Waals surface area contributed by atoms with Crippen molar-refractivity contribution in [1.82, 2.24) is 19.9 Å². The van der Waals surface area contributed by atoms with Gasteiger partial charge >= 0.3 is 0 Å². The van der Waals surface area contributed by atoms with E-state index in [9.17, 15) is 4.79 Å². The number of piperazine rings is 1. The van der Waals surface area contributed by atoms with E-state index in [-0.39, 0.29) is 5.91 Å². The molecular formula is C22H27N7O2. The Morgan fingerprint density at radius 1 is 0.903 bits per heavy atom. The van der Waals surface area contributed by atoms with Crippen molar-refractivity contribution in [3.05, 3.63) is 60.7 Å². The van der Waals surface area contributed by atoms with Gasteiger partial charge in [-0.1, -0.05) is 19.9 Å². The van der Waals surface area contributed by atoms with E-state index in [0.29, 0.717) is 23.1 Å². The van der Waals surface area contributed by atoms with Gasteiger partial charge < -0.3 is 19.9 Å². The van der Waals surface area contributed by atoms with Crippen molar-refractivity contribution >= 4 is 23.4 Å². The number of methoxy groups -OCH3 is 1. The summed E-state index contributed by atoms with van der Waals surface area (Å²) in [5.41, 5.74) is 0.960. The molecule has 0 saturated carbocycles. The van der Waals surface area contributed by atoms with Gasteiger partial charge in [0, 0.05) is 44.6 Å². The number of nitrogens with zero attached hydrogens (tertiary/aromatic N) is 6. The van der Waals surface area contributed by atoms with Crippen LogP contribution in [0.1, 0.15) is 24.2 Å². The monoisotopic (exact) mass is 421 g/mol. The first-order valence-corrected chi connectivity index (χ1v) is 10.3. The van der Waals surface area contributed by atoms with Crippen LogP contribution in [0.4, 0.5) is 17.5 Å². The van der Waals surface area contributed by atoms with Crippen molar-refractivity contribution in [3.8, 4) is 5.88 Å². The van der Waals surface area contributed by atoms with Crippen LogP contribution < -0.4 is 19.9 Å². The summed E-state index contributed by atoms with van der Waals surface area (Å²) in [6.45, 7) is 7.31. The van der Waals surface area contributed by atoms with E-state index in [1.165, 1.54) is 13.3 Å². The minimum Gasteiger partial charge on any atom is -0.481 e. The highest BCUT2D eigenvalue weighted by Gasteiger charge is 2.19. The normalized spacial score (nSPS) is 13.1. The van der Waals surface area contributed by atoms with Crippen molar-refractivity contribution in [2.45, 2.75) is 13.8 Å². The molecule has 3 aromatic heterocycles. The summed E-state index contributed by atoms with van der Waals surface area (Å²) >= 11 is 0. The lowest BCUT2D eigenvalue weighted by Gasteiger charge is -2.35. The molecule has 0 aliphatic carbocycles. The fraction of sp³-hybridized carbons (Fsp3) is 0.318. The molecule has 1 aliphatic rings. The summed E-state index contributed by atoms with van der Waals surface area (Å²) < 4.78 is 5.00. The fourth-order valence-electron chi connectivity index (χ4n) is 3.06. The maximum absolute atomic E-state index is 12.3. The third kappa shape index (κ3) is 5.65. The lowest BCUT2D eigenvalue weighted by atomic mass is 10.2. The molecule has 0 radical (unpaired) electrons. The molecule has 3 aromatic rings. The molecule has 31 heavy (non-hydrogen) atoms. The number of pyridine rings is 2. The second-order valence-corrected chi connectivity index (χ2v) is 6.48. The van der Waals surface area contributed by atoms with Crippen LogP contribution in [0, 0.1) is 0 Å². The molecule has 0 unspecified atom stereocenters. The number of nitrogens with one attached hydrogen (secondary N) is 1. The number of amides is 1. The smallest absolute Gasteiger partial charge is 0.257 e. The molecule has 0 aromatic carbocycles. The third-order valence-corrected chi connectivity index (χ3v) is 4.64. The standard InChI is InChI=1S/C20H21N7O2.C2H6/c1-29-18-6-5-15(12-22-18)19(28)25-16-13-23-20(24-14-16)27-10-8-26(9-11-27)17-4-2-3-7-21-17;1-2/h2-7,12-14H,8-11H2,1H3,(H,25,28);1-2H3. The summed E-state index contributed by atoms with van der Waals surface area (Å²) in [5.74, 6) is 1.81. The first-order chi connectivity index (χ1) is 15.2. The molecule has 162 valence electrons. The molecule has 0 bridgehead atoms. The number of aromatic nitrogens is 4. The Kier molecular flexibility index (Phi) is 7.69. The maximum Gasteiger partial charge on any atom is 0.257 e. The number of ether oxygens (including phenoxy) is 1. The largest absolute Gasteiger partial charge is 0.481 e. The number of carbonyl (C=O) groups excluding carboxylic acids is 1. The van der Waals surface area contributed by atoms with Gasteiger partial charge in [-0.25, -0.2) is 19.9 Å². The zero-order chi connectivity index (χ0) is 22.1. The van der Waals surface area contributed by atoms with Crippen LogP contribution in [0.5, 0.6) is 5.88 Å². The number of anilines is 3. The molecule has 0 atom stereocenters. The fourth-order valence-corrected chi connectivity index (χ4v) is 3.06. The molecule has 1 saturated heterocycles. The zero-order valence-corrected chi connectivity index (χ0v) is 18.0. The first kappa shape index (κ1) is 21.9. The van der Waals surface area contributed by atoms with Crippen LogP contribution in [0.2, 0.25) is 0 Å².